The first-order valence-corrected chi connectivity index (χ1v) is 6.78. The van der Waals surface area contributed by atoms with E-state index in [0.29, 0.717) is 31.3 Å². The third-order valence-corrected chi connectivity index (χ3v) is 2.96. The molecule has 4 nitrogen and oxygen atoms in total. The molecule has 0 fully saturated rings. The van der Waals surface area contributed by atoms with E-state index in [0.717, 1.165) is 18.7 Å². The van der Waals surface area contributed by atoms with Crippen LogP contribution in [0.4, 0.5) is 5.69 Å². The van der Waals surface area contributed by atoms with Crippen LogP contribution >= 0.6 is 0 Å². The molecule has 104 valence electrons. The lowest BCUT2D eigenvalue weighted by atomic mass is 10.1. The summed E-state index contributed by atoms with van der Waals surface area (Å²) in [4.78, 5) is 11.8. The fourth-order valence-corrected chi connectivity index (χ4v) is 2.03. The Hall–Kier alpha value is -1.55. The Kier molecular flexibility index (Phi) is 4.80. The number of nitrogens with one attached hydrogen (secondary N) is 1. The molecular formula is C15H21NO3. The zero-order valence-electron chi connectivity index (χ0n) is 11.6. The summed E-state index contributed by atoms with van der Waals surface area (Å²) >= 11 is 0. The molecule has 0 atom stereocenters. The quantitative estimate of drug-likeness (QED) is 0.632. The number of fused-ring (bicyclic) bond motifs is 1. The lowest BCUT2D eigenvalue weighted by Gasteiger charge is -2.08. The molecule has 0 aliphatic carbocycles. The van der Waals surface area contributed by atoms with Crippen LogP contribution in [0.1, 0.15) is 29.8 Å². The lowest BCUT2D eigenvalue weighted by Crippen LogP contribution is -2.12. The van der Waals surface area contributed by atoms with Crippen molar-refractivity contribution in [2.45, 2.75) is 20.3 Å². The monoisotopic (exact) mass is 263 g/mol. The van der Waals surface area contributed by atoms with Crippen molar-refractivity contribution in [3.8, 4) is 0 Å². The summed E-state index contributed by atoms with van der Waals surface area (Å²) in [6.45, 7) is 6.57. The number of hydrogen-bond acceptors (Lipinski definition) is 4. The molecule has 1 aromatic carbocycles. The van der Waals surface area contributed by atoms with Crippen LogP contribution < -0.4 is 5.32 Å². The van der Waals surface area contributed by atoms with Gasteiger partial charge in [0.1, 0.15) is 6.61 Å². The van der Waals surface area contributed by atoms with Crippen LogP contribution in [0.2, 0.25) is 0 Å². The van der Waals surface area contributed by atoms with E-state index in [1.54, 1.807) is 6.07 Å². The number of hydrogen-bond donors (Lipinski definition) is 1. The van der Waals surface area contributed by atoms with Crippen molar-refractivity contribution in [1.82, 2.24) is 0 Å². The van der Waals surface area contributed by atoms with E-state index in [1.807, 2.05) is 12.1 Å². The SMILES string of the molecule is CC(C)COCCOC(=O)c1ccc2c(c1)CCN2. The Balaban J connectivity index is 1.77. The molecule has 19 heavy (non-hydrogen) atoms. The summed E-state index contributed by atoms with van der Waals surface area (Å²) in [6.07, 6.45) is 0.966. The molecule has 1 N–H and O–H groups in total. The van der Waals surface area contributed by atoms with Crippen molar-refractivity contribution in [2.24, 2.45) is 5.92 Å². The maximum atomic E-state index is 11.8. The van der Waals surface area contributed by atoms with Crippen molar-refractivity contribution >= 4 is 11.7 Å². The number of esters is 1. The molecule has 4 heteroatoms. The minimum atomic E-state index is -0.275. The number of carbonyl (C=O) groups is 1. The predicted octanol–water partition coefficient (Wildman–Crippen LogP) is 2.48. The van der Waals surface area contributed by atoms with Gasteiger partial charge in [0.2, 0.25) is 0 Å². The second kappa shape index (κ2) is 6.57. The van der Waals surface area contributed by atoms with Crippen molar-refractivity contribution in [2.75, 3.05) is 31.7 Å². The van der Waals surface area contributed by atoms with Crippen LogP contribution in [-0.2, 0) is 15.9 Å². The molecule has 1 aliphatic rings. The molecule has 0 saturated heterocycles. The van der Waals surface area contributed by atoms with E-state index in [2.05, 4.69) is 19.2 Å². The normalized spacial score (nSPS) is 13.2. The first kappa shape index (κ1) is 13.9. The van der Waals surface area contributed by atoms with Gasteiger partial charge in [0.05, 0.1) is 12.2 Å². The summed E-state index contributed by atoms with van der Waals surface area (Å²) in [5.41, 5.74) is 2.92. The van der Waals surface area contributed by atoms with Gasteiger partial charge >= 0.3 is 5.97 Å². The van der Waals surface area contributed by atoms with E-state index in [9.17, 15) is 4.79 Å². The zero-order chi connectivity index (χ0) is 13.7. The maximum Gasteiger partial charge on any atom is 0.338 e. The average molecular weight is 263 g/mol. The Morgan fingerprint density at radius 1 is 1.37 bits per heavy atom. The van der Waals surface area contributed by atoms with E-state index >= 15 is 0 Å². The molecule has 0 amide bonds. The van der Waals surface area contributed by atoms with E-state index in [1.165, 1.54) is 5.56 Å². The van der Waals surface area contributed by atoms with Gasteiger partial charge in [0.25, 0.3) is 0 Å². The van der Waals surface area contributed by atoms with Crippen LogP contribution in [0.15, 0.2) is 18.2 Å². The fourth-order valence-electron chi connectivity index (χ4n) is 2.03. The van der Waals surface area contributed by atoms with Crippen molar-refractivity contribution in [3.05, 3.63) is 29.3 Å². The van der Waals surface area contributed by atoms with E-state index in [-0.39, 0.29) is 5.97 Å². The van der Waals surface area contributed by atoms with Gasteiger partial charge in [0.15, 0.2) is 0 Å². The highest BCUT2D eigenvalue weighted by atomic mass is 16.6. The molecule has 0 saturated carbocycles. The number of rotatable bonds is 6. The molecule has 1 heterocycles. The molecule has 0 spiro atoms. The van der Waals surface area contributed by atoms with Crippen molar-refractivity contribution in [1.29, 1.82) is 0 Å². The lowest BCUT2D eigenvalue weighted by molar-refractivity contribution is 0.0277. The number of benzene rings is 1. The van der Waals surface area contributed by atoms with Crippen LogP contribution in [-0.4, -0.2) is 32.3 Å². The van der Waals surface area contributed by atoms with Gasteiger partial charge in [-0.1, -0.05) is 13.8 Å². The standard InChI is InChI=1S/C15H21NO3/c1-11(2)10-18-7-8-19-15(17)13-3-4-14-12(9-13)5-6-16-14/h3-4,9,11,16H,5-8,10H2,1-2H3. The molecule has 0 radical (unpaired) electrons. The third kappa shape index (κ3) is 3.96. The Morgan fingerprint density at radius 3 is 3.00 bits per heavy atom. The van der Waals surface area contributed by atoms with Gasteiger partial charge in [-0.3, -0.25) is 0 Å². The van der Waals surface area contributed by atoms with Gasteiger partial charge in [-0.15, -0.1) is 0 Å². The molecule has 0 bridgehead atoms. The second-order valence-corrected chi connectivity index (χ2v) is 5.15. The maximum absolute atomic E-state index is 11.8. The molecule has 2 rings (SSSR count). The summed E-state index contributed by atoms with van der Waals surface area (Å²) in [7, 11) is 0. The van der Waals surface area contributed by atoms with Gasteiger partial charge in [-0.2, -0.15) is 0 Å². The second-order valence-electron chi connectivity index (χ2n) is 5.15. The van der Waals surface area contributed by atoms with Crippen molar-refractivity contribution in [3.63, 3.8) is 0 Å². The smallest absolute Gasteiger partial charge is 0.338 e. The Morgan fingerprint density at radius 2 is 2.21 bits per heavy atom. The Bertz CT molecular complexity index is 443. The van der Waals surface area contributed by atoms with E-state index < -0.39 is 0 Å². The molecule has 1 aromatic rings. The van der Waals surface area contributed by atoms with Gasteiger partial charge < -0.3 is 14.8 Å². The largest absolute Gasteiger partial charge is 0.460 e. The van der Waals surface area contributed by atoms with Crippen LogP contribution in [0.3, 0.4) is 0 Å². The number of ether oxygens (including phenoxy) is 2. The average Bonchev–Trinajstić information content (AvgIpc) is 2.84. The molecule has 0 unspecified atom stereocenters. The minimum absolute atomic E-state index is 0.275. The highest BCUT2D eigenvalue weighted by Crippen LogP contribution is 2.23. The summed E-state index contributed by atoms with van der Waals surface area (Å²) in [6, 6.07) is 5.65. The predicted molar refractivity (Wildman–Crippen MR) is 74.6 cm³/mol. The molecule has 1 aliphatic heterocycles. The zero-order valence-corrected chi connectivity index (χ0v) is 11.6. The topological polar surface area (TPSA) is 47.6 Å². The summed E-state index contributed by atoms with van der Waals surface area (Å²) < 4.78 is 10.6. The van der Waals surface area contributed by atoms with Gasteiger partial charge in [-0.25, -0.2) is 4.79 Å². The first-order chi connectivity index (χ1) is 9.16. The summed E-state index contributed by atoms with van der Waals surface area (Å²) in [5, 5.41) is 3.26. The van der Waals surface area contributed by atoms with E-state index in [4.69, 9.17) is 9.47 Å². The number of carbonyl (C=O) groups excluding carboxylic acids is 1. The van der Waals surface area contributed by atoms with Crippen LogP contribution in [0.5, 0.6) is 0 Å². The highest BCUT2D eigenvalue weighted by molar-refractivity contribution is 5.90. The van der Waals surface area contributed by atoms with Crippen molar-refractivity contribution < 1.29 is 14.3 Å². The Labute approximate surface area is 114 Å². The molecule has 0 aromatic heterocycles. The van der Waals surface area contributed by atoms with Gasteiger partial charge in [0, 0.05) is 18.8 Å². The highest BCUT2D eigenvalue weighted by Gasteiger charge is 2.14. The molecular weight excluding hydrogens is 242 g/mol. The van der Waals surface area contributed by atoms with Crippen LogP contribution in [0.25, 0.3) is 0 Å². The van der Waals surface area contributed by atoms with Gasteiger partial charge in [-0.05, 0) is 36.1 Å². The number of anilines is 1. The van der Waals surface area contributed by atoms with Crippen LogP contribution in [0, 0.1) is 5.92 Å². The fraction of sp³-hybridized carbons (Fsp3) is 0.533. The minimum Gasteiger partial charge on any atom is -0.460 e. The first-order valence-electron chi connectivity index (χ1n) is 6.78. The summed E-state index contributed by atoms with van der Waals surface area (Å²) in [5.74, 6) is 0.225. The third-order valence-electron chi connectivity index (χ3n) is 2.96.